The van der Waals surface area contributed by atoms with E-state index in [9.17, 15) is 4.79 Å². The highest BCUT2D eigenvalue weighted by atomic mass is 16.5. The molecule has 5 nitrogen and oxygen atoms in total. The Hall–Kier alpha value is -3.31. The van der Waals surface area contributed by atoms with Crippen molar-refractivity contribution in [2.75, 3.05) is 18.4 Å². The lowest BCUT2D eigenvalue weighted by Gasteiger charge is -2.17. The topological polar surface area (TPSA) is 70.6 Å². The van der Waals surface area contributed by atoms with Gasteiger partial charge >= 0.3 is 5.97 Å². The second-order valence-electron chi connectivity index (χ2n) is 7.18. The van der Waals surface area contributed by atoms with Gasteiger partial charge < -0.3 is 20.5 Å². The van der Waals surface area contributed by atoms with E-state index in [1.807, 2.05) is 30.3 Å². The maximum Gasteiger partial charge on any atom is 0.335 e. The van der Waals surface area contributed by atoms with Gasteiger partial charge in [0, 0.05) is 12.6 Å². The minimum Gasteiger partial charge on any atom is -0.478 e. The van der Waals surface area contributed by atoms with E-state index in [1.54, 1.807) is 24.3 Å². The van der Waals surface area contributed by atoms with Crippen molar-refractivity contribution in [3.8, 4) is 22.6 Å². The zero-order valence-electron chi connectivity index (χ0n) is 16.1. The average Bonchev–Trinajstić information content (AvgIpc) is 3.27. The smallest absolute Gasteiger partial charge is 0.335 e. The molecule has 1 atom stereocenters. The average molecular weight is 388 g/mol. The van der Waals surface area contributed by atoms with Gasteiger partial charge in [-0.1, -0.05) is 36.4 Å². The van der Waals surface area contributed by atoms with Crippen molar-refractivity contribution in [1.29, 1.82) is 0 Å². The predicted octanol–water partition coefficient (Wildman–Crippen LogP) is 5.01. The van der Waals surface area contributed by atoms with Gasteiger partial charge in [0.25, 0.3) is 0 Å². The number of rotatable bonds is 7. The third kappa shape index (κ3) is 4.76. The minimum atomic E-state index is -0.950. The molecular formula is C24H24N2O3. The van der Waals surface area contributed by atoms with E-state index in [1.165, 1.54) is 12.8 Å². The minimum absolute atomic E-state index is 0.237. The number of anilines is 1. The van der Waals surface area contributed by atoms with Crippen LogP contribution in [0.2, 0.25) is 0 Å². The molecule has 1 aliphatic heterocycles. The Morgan fingerprint density at radius 1 is 1.03 bits per heavy atom. The van der Waals surface area contributed by atoms with Crippen molar-refractivity contribution >= 4 is 11.7 Å². The van der Waals surface area contributed by atoms with Crippen LogP contribution < -0.4 is 15.4 Å². The summed E-state index contributed by atoms with van der Waals surface area (Å²) in [5, 5.41) is 16.1. The van der Waals surface area contributed by atoms with E-state index < -0.39 is 5.97 Å². The first-order chi connectivity index (χ1) is 14.2. The Labute approximate surface area is 170 Å². The van der Waals surface area contributed by atoms with Gasteiger partial charge in [0.1, 0.15) is 5.75 Å². The van der Waals surface area contributed by atoms with E-state index in [4.69, 9.17) is 9.84 Å². The van der Waals surface area contributed by atoms with Crippen molar-refractivity contribution < 1.29 is 14.6 Å². The maximum absolute atomic E-state index is 11.1. The molecule has 1 aliphatic rings. The quantitative estimate of drug-likeness (QED) is 0.531. The summed E-state index contributed by atoms with van der Waals surface area (Å²) in [6, 6.07) is 23.2. The van der Waals surface area contributed by atoms with Crippen LogP contribution in [0.4, 0.5) is 5.69 Å². The number of carbonyl (C=O) groups is 1. The number of ether oxygens (including phenoxy) is 1. The summed E-state index contributed by atoms with van der Waals surface area (Å²) in [7, 11) is 0. The highest BCUT2D eigenvalue weighted by Crippen LogP contribution is 2.34. The summed E-state index contributed by atoms with van der Waals surface area (Å²) in [6.07, 6.45) is 2.38. The van der Waals surface area contributed by atoms with Crippen LogP contribution in [0.15, 0.2) is 72.8 Å². The monoisotopic (exact) mass is 388 g/mol. The van der Waals surface area contributed by atoms with Crippen LogP contribution in [0.3, 0.4) is 0 Å². The van der Waals surface area contributed by atoms with Crippen LogP contribution in [0, 0.1) is 0 Å². The van der Waals surface area contributed by atoms with E-state index in [2.05, 4.69) is 28.8 Å². The number of aromatic carboxylic acids is 1. The Balaban J connectivity index is 1.60. The number of carboxylic acid groups (broad SMARTS) is 1. The molecule has 5 heteroatoms. The fraction of sp³-hybridized carbons (Fsp3) is 0.208. The fourth-order valence-corrected chi connectivity index (χ4v) is 3.52. The Bertz CT molecular complexity index is 965. The molecule has 29 heavy (non-hydrogen) atoms. The third-order valence-electron chi connectivity index (χ3n) is 5.12. The van der Waals surface area contributed by atoms with Crippen LogP contribution in [0.25, 0.3) is 11.1 Å². The van der Waals surface area contributed by atoms with Crippen LogP contribution in [-0.4, -0.2) is 30.2 Å². The summed E-state index contributed by atoms with van der Waals surface area (Å²) in [5.41, 5.74) is 3.33. The van der Waals surface area contributed by atoms with E-state index in [0.717, 1.165) is 29.9 Å². The molecule has 0 amide bonds. The molecule has 3 N–H and O–H groups in total. The third-order valence-corrected chi connectivity index (χ3v) is 5.12. The van der Waals surface area contributed by atoms with E-state index in [-0.39, 0.29) is 5.56 Å². The molecule has 1 saturated heterocycles. The Kier molecular flexibility index (Phi) is 5.77. The molecule has 1 fully saturated rings. The van der Waals surface area contributed by atoms with E-state index in [0.29, 0.717) is 17.5 Å². The summed E-state index contributed by atoms with van der Waals surface area (Å²) < 4.78 is 6.15. The van der Waals surface area contributed by atoms with E-state index >= 15 is 0 Å². The number of hydrogen-bond donors (Lipinski definition) is 3. The lowest BCUT2D eigenvalue weighted by atomic mass is 10.0. The molecule has 4 rings (SSSR count). The number of nitrogens with one attached hydrogen (secondary N) is 2. The fourth-order valence-electron chi connectivity index (χ4n) is 3.52. The molecule has 1 heterocycles. The summed E-state index contributed by atoms with van der Waals surface area (Å²) in [5.74, 6) is 0.365. The standard InChI is InChI=1S/C24H24N2O3/c27-24(28)18-8-11-21(12-9-18)29-23-15-19(17-5-2-1-3-6-17)10-13-22(23)26-16-20-7-4-14-25-20/h1-3,5-6,8-13,15,20,25-26H,4,7,14,16H2,(H,27,28)/t20-/m0/s1. The SMILES string of the molecule is O=C(O)c1ccc(Oc2cc(-c3ccccc3)ccc2NC[C@@H]2CCCN2)cc1. The summed E-state index contributed by atoms with van der Waals surface area (Å²) in [4.78, 5) is 11.1. The molecule has 3 aromatic carbocycles. The molecule has 0 radical (unpaired) electrons. The van der Waals surface area contributed by atoms with Crippen molar-refractivity contribution in [3.63, 3.8) is 0 Å². The number of benzene rings is 3. The van der Waals surface area contributed by atoms with Gasteiger partial charge in [-0.15, -0.1) is 0 Å². The number of hydrogen-bond acceptors (Lipinski definition) is 4. The van der Waals surface area contributed by atoms with Gasteiger partial charge in [-0.25, -0.2) is 4.79 Å². The summed E-state index contributed by atoms with van der Waals surface area (Å²) >= 11 is 0. The number of carboxylic acids is 1. The highest BCUT2D eigenvalue weighted by Gasteiger charge is 2.15. The Morgan fingerprint density at radius 3 is 2.52 bits per heavy atom. The molecule has 148 valence electrons. The summed E-state index contributed by atoms with van der Waals surface area (Å²) in [6.45, 7) is 1.90. The first-order valence-corrected chi connectivity index (χ1v) is 9.87. The first-order valence-electron chi connectivity index (χ1n) is 9.87. The Morgan fingerprint density at radius 2 is 1.83 bits per heavy atom. The molecule has 3 aromatic rings. The van der Waals surface area contributed by atoms with Gasteiger partial charge in [-0.3, -0.25) is 0 Å². The molecule has 0 spiro atoms. The maximum atomic E-state index is 11.1. The van der Waals surface area contributed by atoms with Gasteiger partial charge in [-0.05, 0) is 66.9 Å². The largest absolute Gasteiger partial charge is 0.478 e. The zero-order chi connectivity index (χ0) is 20.1. The molecule has 0 saturated carbocycles. The lowest BCUT2D eigenvalue weighted by molar-refractivity contribution is 0.0697. The van der Waals surface area contributed by atoms with Gasteiger partial charge in [-0.2, -0.15) is 0 Å². The van der Waals surface area contributed by atoms with Crippen LogP contribution in [0.5, 0.6) is 11.5 Å². The normalized spacial score (nSPS) is 15.8. The van der Waals surface area contributed by atoms with Crippen LogP contribution in [-0.2, 0) is 0 Å². The molecule has 0 aromatic heterocycles. The van der Waals surface area contributed by atoms with Gasteiger partial charge in [0.2, 0.25) is 0 Å². The zero-order valence-corrected chi connectivity index (χ0v) is 16.1. The molecule has 0 bridgehead atoms. The van der Waals surface area contributed by atoms with Crippen LogP contribution in [0.1, 0.15) is 23.2 Å². The van der Waals surface area contributed by atoms with Crippen LogP contribution >= 0.6 is 0 Å². The second-order valence-corrected chi connectivity index (χ2v) is 7.18. The van der Waals surface area contributed by atoms with Crippen molar-refractivity contribution in [2.45, 2.75) is 18.9 Å². The van der Waals surface area contributed by atoms with Gasteiger partial charge in [0.05, 0.1) is 11.3 Å². The highest BCUT2D eigenvalue weighted by molar-refractivity contribution is 5.87. The molecule has 0 unspecified atom stereocenters. The van der Waals surface area contributed by atoms with Crippen molar-refractivity contribution in [3.05, 3.63) is 78.4 Å². The van der Waals surface area contributed by atoms with Crippen molar-refractivity contribution in [2.24, 2.45) is 0 Å². The second kappa shape index (κ2) is 8.80. The molecule has 0 aliphatic carbocycles. The lowest BCUT2D eigenvalue weighted by Crippen LogP contribution is -2.29. The van der Waals surface area contributed by atoms with Crippen molar-refractivity contribution in [1.82, 2.24) is 5.32 Å². The molecular weight excluding hydrogens is 364 g/mol. The first kappa shape index (κ1) is 19.0. The van der Waals surface area contributed by atoms with Gasteiger partial charge in [0.15, 0.2) is 5.75 Å². The predicted molar refractivity (Wildman–Crippen MR) is 115 cm³/mol.